The molecular formula is C16H21FN4O2S2. The van der Waals surface area contributed by atoms with Gasteiger partial charge in [-0.05, 0) is 29.1 Å². The number of nitrogens with zero attached hydrogens (tertiary/aromatic N) is 2. The van der Waals surface area contributed by atoms with Crippen LogP contribution in [-0.2, 0) is 16.6 Å². The van der Waals surface area contributed by atoms with E-state index in [9.17, 15) is 12.8 Å². The lowest BCUT2D eigenvalue weighted by molar-refractivity contribution is 0.476. The predicted octanol–water partition coefficient (Wildman–Crippen LogP) is 1.87. The van der Waals surface area contributed by atoms with Crippen LogP contribution in [0, 0.1) is 5.82 Å². The molecule has 0 saturated heterocycles. The fourth-order valence-electron chi connectivity index (χ4n) is 2.17. The molecule has 0 bridgehead atoms. The van der Waals surface area contributed by atoms with E-state index in [-0.39, 0.29) is 12.4 Å². The molecule has 1 heterocycles. The van der Waals surface area contributed by atoms with Crippen LogP contribution in [0.15, 0.2) is 51.0 Å². The largest absolute Gasteiger partial charge is 0.355 e. The lowest BCUT2D eigenvalue weighted by atomic mass is 10.2. The topological polar surface area (TPSA) is 73.8 Å². The Hall–Kier alpha value is -1.97. The fraction of sp³-hybridized carbons (Fsp3) is 0.312. The molecule has 25 heavy (non-hydrogen) atoms. The zero-order valence-corrected chi connectivity index (χ0v) is 15.7. The van der Waals surface area contributed by atoms with Gasteiger partial charge in [-0.3, -0.25) is 4.99 Å². The van der Waals surface area contributed by atoms with Gasteiger partial charge in [0.2, 0.25) is 10.0 Å². The number of nitrogens with one attached hydrogen (secondary N) is 2. The molecule has 9 heteroatoms. The minimum absolute atomic E-state index is 0.240. The minimum atomic E-state index is -3.45. The van der Waals surface area contributed by atoms with Gasteiger partial charge in [0.25, 0.3) is 0 Å². The van der Waals surface area contributed by atoms with E-state index in [1.54, 1.807) is 36.7 Å². The molecule has 0 aliphatic carbocycles. The maximum Gasteiger partial charge on any atom is 0.250 e. The molecule has 2 rings (SSSR count). The Kier molecular flexibility index (Phi) is 6.91. The lowest BCUT2D eigenvalue weighted by Gasteiger charge is -2.22. The van der Waals surface area contributed by atoms with Crippen LogP contribution in [0.5, 0.6) is 0 Å². The first-order valence-electron chi connectivity index (χ1n) is 7.62. The number of guanidine groups is 1. The van der Waals surface area contributed by atoms with Gasteiger partial charge < -0.3 is 10.2 Å². The highest BCUT2D eigenvalue weighted by atomic mass is 32.2. The number of benzene rings is 1. The molecule has 0 atom stereocenters. The fourth-order valence-corrected chi connectivity index (χ4v) is 4.24. The average Bonchev–Trinajstić information content (AvgIpc) is 3.12. The standard InChI is InChI=1S/C16H21FN4O2S2/c1-18-16(21(2)12-13-5-7-14(17)8-6-13)19-9-10-20-25(22,23)15-4-3-11-24-15/h3-8,11,20H,9-10,12H2,1-2H3,(H,18,19). The summed E-state index contributed by atoms with van der Waals surface area (Å²) in [4.78, 5) is 6.04. The summed E-state index contributed by atoms with van der Waals surface area (Å²) in [6, 6.07) is 9.53. The van der Waals surface area contributed by atoms with Crippen molar-refractivity contribution in [3.63, 3.8) is 0 Å². The van der Waals surface area contributed by atoms with Crippen molar-refractivity contribution in [1.29, 1.82) is 0 Å². The van der Waals surface area contributed by atoms with Crippen molar-refractivity contribution in [2.45, 2.75) is 10.8 Å². The Balaban J connectivity index is 1.81. The number of rotatable bonds is 7. The second-order valence-electron chi connectivity index (χ2n) is 5.29. The number of hydrogen-bond donors (Lipinski definition) is 2. The van der Waals surface area contributed by atoms with Crippen molar-refractivity contribution < 1.29 is 12.8 Å². The summed E-state index contributed by atoms with van der Waals surface area (Å²) in [5.41, 5.74) is 0.949. The number of hydrogen-bond acceptors (Lipinski definition) is 4. The first-order chi connectivity index (χ1) is 11.9. The van der Waals surface area contributed by atoms with Gasteiger partial charge in [-0.15, -0.1) is 11.3 Å². The third-order valence-electron chi connectivity index (χ3n) is 3.37. The number of sulfonamides is 1. The molecule has 136 valence electrons. The monoisotopic (exact) mass is 384 g/mol. The van der Waals surface area contributed by atoms with E-state index < -0.39 is 10.0 Å². The molecule has 0 amide bonds. The molecule has 0 radical (unpaired) electrons. The molecule has 1 aromatic carbocycles. The van der Waals surface area contributed by atoms with E-state index in [4.69, 9.17) is 0 Å². The van der Waals surface area contributed by atoms with Crippen molar-refractivity contribution in [1.82, 2.24) is 14.9 Å². The average molecular weight is 385 g/mol. The molecule has 0 unspecified atom stereocenters. The molecule has 0 aliphatic rings. The molecule has 0 saturated carbocycles. The van der Waals surface area contributed by atoms with Crippen LogP contribution in [0.1, 0.15) is 5.56 Å². The summed E-state index contributed by atoms with van der Waals surface area (Å²) in [5.74, 6) is 0.353. The summed E-state index contributed by atoms with van der Waals surface area (Å²) in [6.07, 6.45) is 0. The lowest BCUT2D eigenvalue weighted by Crippen LogP contribution is -2.42. The van der Waals surface area contributed by atoms with E-state index in [0.717, 1.165) is 5.56 Å². The summed E-state index contributed by atoms with van der Waals surface area (Å²) in [5, 5.41) is 4.82. The maximum absolute atomic E-state index is 12.9. The van der Waals surface area contributed by atoms with Gasteiger partial charge in [-0.2, -0.15) is 0 Å². The minimum Gasteiger partial charge on any atom is -0.355 e. The number of thiophene rings is 1. The summed E-state index contributed by atoms with van der Waals surface area (Å²) in [7, 11) is 0.0528. The second kappa shape index (κ2) is 8.93. The van der Waals surface area contributed by atoms with E-state index >= 15 is 0 Å². The molecule has 0 fully saturated rings. The van der Waals surface area contributed by atoms with Crippen LogP contribution in [-0.4, -0.2) is 46.5 Å². The van der Waals surface area contributed by atoms with Crippen LogP contribution in [0.4, 0.5) is 4.39 Å². The third kappa shape index (κ3) is 5.80. The van der Waals surface area contributed by atoms with Gasteiger partial charge >= 0.3 is 0 Å². The second-order valence-corrected chi connectivity index (χ2v) is 8.23. The summed E-state index contributed by atoms with van der Waals surface area (Å²) in [6.45, 7) is 1.19. The number of aliphatic imine (C=N–C) groups is 1. The Bertz CT molecular complexity index is 790. The van der Waals surface area contributed by atoms with Crippen molar-refractivity contribution >= 4 is 27.3 Å². The zero-order chi connectivity index (χ0) is 18.3. The van der Waals surface area contributed by atoms with Crippen molar-refractivity contribution in [2.24, 2.45) is 4.99 Å². The molecule has 2 N–H and O–H groups in total. The highest BCUT2D eigenvalue weighted by Gasteiger charge is 2.14. The third-order valence-corrected chi connectivity index (χ3v) is 6.22. The zero-order valence-electron chi connectivity index (χ0n) is 14.1. The summed E-state index contributed by atoms with van der Waals surface area (Å²) < 4.78 is 39.8. The molecule has 0 aliphatic heterocycles. The highest BCUT2D eigenvalue weighted by Crippen LogP contribution is 2.14. The van der Waals surface area contributed by atoms with Crippen LogP contribution in [0.25, 0.3) is 0 Å². The normalized spacial score (nSPS) is 12.2. The molecule has 1 aromatic heterocycles. The van der Waals surface area contributed by atoms with E-state index in [1.165, 1.54) is 23.5 Å². The first kappa shape index (κ1) is 19.4. The Morgan fingerprint density at radius 1 is 1.24 bits per heavy atom. The van der Waals surface area contributed by atoms with Crippen molar-refractivity contribution in [3.8, 4) is 0 Å². The summed E-state index contributed by atoms with van der Waals surface area (Å²) >= 11 is 1.18. The highest BCUT2D eigenvalue weighted by molar-refractivity contribution is 7.91. The molecule has 0 spiro atoms. The molecule has 2 aromatic rings. The van der Waals surface area contributed by atoms with Gasteiger partial charge in [0.1, 0.15) is 10.0 Å². The Labute approximate surface area is 151 Å². The van der Waals surface area contributed by atoms with Gasteiger partial charge in [-0.25, -0.2) is 17.5 Å². The van der Waals surface area contributed by atoms with Gasteiger partial charge in [0.15, 0.2) is 5.96 Å². The van der Waals surface area contributed by atoms with Gasteiger partial charge in [0, 0.05) is 33.7 Å². The molecular weight excluding hydrogens is 363 g/mol. The van der Waals surface area contributed by atoms with Gasteiger partial charge in [-0.1, -0.05) is 18.2 Å². The maximum atomic E-state index is 12.9. The van der Waals surface area contributed by atoms with Crippen molar-refractivity contribution in [2.75, 3.05) is 27.2 Å². The smallest absolute Gasteiger partial charge is 0.250 e. The predicted molar refractivity (Wildman–Crippen MR) is 98.7 cm³/mol. The Morgan fingerprint density at radius 2 is 1.96 bits per heavy atom. The van der Waals surface area contributed by atoms with E-state index in [1.807, 2.05) is 11.9 Å². The van der Waals surface area contributed by atoms with E-state index in [2.05, 4.69) is 15.0 Å². The van der Waals surface area contributed by atoms with Crippen LogP contribution in [0.2, 0.25) is 0 Å². The van der Waals surface area contributed by atoms with Crippen LogP contribution < -0.4 is 10.0 Å². The SMILES string of the molecule is CN=C(NCCNS(=O)(=O)c1cccs1)N(C)Cc1ccc(F)cc1. The molecule has 6 nitrogen and oxygen atoms in total. The van der Waals surface area contributed by atoms with Crippen LogP contribution >= 0.6 is 11.3 Å². The Morgan fingerprint density at radius 3 is 2.56 bits per heavy atom. The van der Waals surface area contributed by atoms with E-state index in [0.29, 0.717) is 23.3 Å². The quantitative estimate of drug-likeness (QED) is 0.434. The van der Waals surface area contributed by atoms with Gasteiger partial charge in [0.05, 0.1) is 0 Å². The van der Waals surface area contributed by atoms with Crippen LogP contribution in [0.3, 0.4) is 0 Å². The first-order valence-corrected chi connectivity index (χ1v) is 9.98. The number of halogens is 1. The van der Waals surface area contributed by atoms with Crippen molar-refractivity contribution in [3.05, 3.63) is 53.2 Å².